The molecule has 0 heterocycles. The first-order chi connectivity index (χ1) is 10.1. The smallest absolute Gasteiger partial charge is 0.321 e. The van der Waals surface area contributed by atoms with Gasteiger partial charge in [0.15, 0.2) is 0 Å². The molecule has 1 rings (SSSR count). The van der Waals surface area contributed by atoms with E-state index in [-0.39, 0.29) is 11.9 Å². The van der Waals surface area contributed by atoms with Gasteiger partial charge in [-0.15, -0.1) is 0 Å². The van der Waals surface area contributed by atoms with E-state index in [0.717, 1.165) is 0 Å². The zero-order chi connectivity index (χ0) is 16.9. The van der Waals surface area contributed by atoms with Gasteiger partial charge in [-0.1, -0.05) is 18.2 Å². The Labute approximate surface area is 130 Å². The van der Waals surface area contributed by atoms with Crippen molar-refractivity contribution < 1.29 is 14.0 Å². The molecule has 22 heavy (non-hydrogen) atoms. The summed E-state index contributed by atoms with van der Waals surface area (Å²) in [4.78, 5) is 23.6. The molecule has 0 radical (unpaired) electrons. The van der Waals surface area contributed by atoms with Crippen molar-refractivity contribution >= 4 is 11.9 Å². The van der Waals surface area contributed by atoms with Crippen molar-refractivity contribution in [3.63, 3.8) is 0 Å². The molecule has 3 amide bonds. The lowest BCUT2D eigenvalue weighted by Crippen LogP contribution is -2.52. The summed E-state index contributed by atoms with van der Waals surface area (Å²) in [7, 11) is 0. The maximum atomic E-state index is 13.7. The normalized spacial score (nSPS) is 14.1. The molecule has 0 saturated heterocycles. The van der Waals surface area contributed by atoms with Crippen LogP contribution in [0, 0.1) is 5.82 Å². The van der Waals surface area contributed by atoms with Crippen molar-refractivity contribution in [1.82, 2.24) is 16.0 Å². The van der Waals surface area contributed by atoms with E-state index in [1.807, 2.05) is 20.8 Å². The number of hydrogen-bond acceptors (Lipinski definition) is 3. The predicted molar refractivity (Wildman–Crippen MR) is 83.8 cm³/mol. The molecule has 3 N–H and O–H groups in total. The first-order valence-electron chi connectivity index (χ1n) is 7.23. The maximum absolute atomic E-state index is 13.7. The van der Waals surface area contributed by atoms with E-state index >= 15 is 0 Å². The van der Waals surface area contributed by atoms with Crippen LogP contribution in [-0.2, 0) is 4.79 Å². The van der Waals surface area contributed by atoms with Crippen LogP contribution < -0.4 is 16.0 Å². The average Bonchev–Trinajstić information content (AvgIpc) is 2.36. The van der Waals surface area contributed by atoms with Gasteiger partial charge < -0.3 is 5.32 Å². The number of imide groups is 1. The second-order valence-corrected chi connectivity index (χ2v) is 6.32. The third-order valence-corrected chi connectivity index (χ3v) is 2.99. The van der Waals surface area contributed by atoms with Crippen molar-refractivity contribution in [2.75, 3.05) is 0 Å². The first kappa shape index (κ1) is 18.1. The van der Waals surface area contributed by atoms with Gasteiger partial charge >= 0.3 is 6.03 Å². The molecule has 1 aromatic rings. The van der Waals surface area contributed by atoms with Crippen molar-refractivity contribution in [3.8, 4) is 0 Å². The minimum atomic E-state index is -0.639. The Morgan fingerprint density at radius 3 is 2.27 bits per heavy atom. The van der Waals surface area contributed by atoms with Gasteiger partial charge in [-0.05, 0) is 40.7 Å². The minimum Gasteiger partial charge on any atom is -0.333 e. The molecule has 5 nitrogen and oxygen atoms in total. The molecular formula is C16H24FN3O2. The van der Waals surface area contributed by atoms with Gasteiger partial charge in [-0.3, -0.25) is 15.4 Å². The molecule has 0 aliphatic heterocycles. The van der Waals surface area contributed by atoms with Gasteiger partial charge in [0.25, 0.3) is 0 Å². The molecule has 122 valence electrons. The molecule has 2 unspecified atom stereocenters. The minimum absolute atomic E-state index is 0.333. The fraction of sp³-hybridized carbons (Fsp3) is 0.500. The quantitative estimate of drug-likeness (QED) is 0.800. The SMILES string of the molecule is CC(NC(C)c1ccccc1F)C(=O)NC(=O)NC(C)(C)C. The first-order valence-corrected chi connectivity index (χ1v) is 7.23. The van der Waals surface area contributed by atoms with Crippen LogP contribution in [0.5, 0.6) is 0 Å². The fourth-order valence-electron chi connectivity index (χ4n) is 1.96. The molecule has 1 aromatic carbocycles. The largest absolute Gasteiger partial charge is 0.333 e. The molecular weight excluding hydrogens is 285 g/mol. The van der Waals surface area contributed by atoms with Crippen molar-refractivity contribution in [2.24, 2.45) is 0 Å². The Morgan fingerprint density at radius 2 is 1.73 bits per heavy atom. The van der Waals surface area contributed by atoms with Crippen molar-refractivity contribution in [2.45, 2.75) is 52.2 Å². The summed E-state index contributed by atoms with van der Waals surface area (Å²) in [5.41, 5.74) is 0.0443. The van der Waals surface area contributed by atoms with Gasteiger partial charge in [-0.2, -0.15) is 0 Å². The highest BCUT2D eigenvalue weighted by Gasteiger charge is 2.21. The summed E-state index contributed by atoms with van der Waals surface area (Å²) < 4.78 is 13.7. The van der Waals surface area contributed by atoms with E-state index < -0.39 is 23.5 Å². The lowest BCUT2D eigenvalue weighted by Gasteiger charge is -2.23. The zero-order valence-corrected chi connectivity index (χ0v) is 13.7. The molecule has 0 fully saturated rings. The van der Waals surface area contributed by atoms with Gasteiger partial charge in [0.1, 0.15) is 5.82 Å². The van der Waals surface area contributed by atoms with Gasteiger partial charge in [0.05, 0.1) is 6.04 Å². The number of carbonyl (C=O) groups excluding carboxylic acids is 2. The van der Waals surface area contributed by atoms with Crippen LogP contribution in [0.3, 0.4) is 0 Å². The third-order valence-electron chi connectivity index (χ3n) is 2.99. The molecule has 0 aromatic heterocycles. The van der Waals surface area contributed by atoms with Gasteiger partial charge in [-0.25, -0.2) is 9.18 Å². The van der Waals surface area contributed by atoms with Crippen LogP contribution >= 0.6 is 0 Å². The monoisotopic (exact) mass is 309 g/mol. The molecule has 0 aliphatic rings. The van der Waals surface area contributed by atoms with Crippen LogP contribution in [0.1, 0.15) is 46.2 Å². The van der Waals surface area contributed by atoms with E-state index in [1.165, 1.54) is 6.07 Å². The number of halogens is 1. The third kappa shape index (κ3) is 5.81. The fourth-order valence-corrected chi connectivity index (χ4v) is 1.96. The van der Waals surface area contributed by atoms with Crippen LogP contribution in [0.4, 0.5) is 9.18 Å². The van der Waals surface area contributed by atoms with Crippen molar-refractivity contribution in [3.05, 3.63) is 35.6 Å². The topological polar surface area (TPSA) is 70.2 Å². The standard InChI is InChI=1S/C16H24FN3O2/c1-10(12-8-6-7-9-13(12)17)18-11(2)14(21)19-15(22)20-16(3,4)5/h6-11,18H,1-5H3,(H2,19,20,21,22). The summed E-state index contributed by atoms with van der Waals surface area (Å²) in [5.74, 6) is -0.800. The average molecular weight is 309 g/mol. The highest BCUT2D eigenvalue weighted by molar-refractivity contribution is 5.97. The van der Waals surface area contributed by atoms with Gasteiger partial charge in [0, 0.05) is 17.1 Å². The summed E-state index contributed by atoms with van der Waals surface area (Å²) in [5, 5.41) is 7.88. The van der Waals surface area contributed by atoms with E-state index in [2.05, 4.69) is 16.0 Å². The van der Waals surface area contributed by atoms with Crippen LogP contribution in [0.2, 0.25) is 0 Å². The zero-order valence-electron chi connectivity index (χ0n) is 13.7. The number of amides is 3. The Morgan fingerprint density at radius 1 is 1.14 bits per heavy atom. The van der Waals surface area contributed by atoms with Crippen LogP contribution in [0.15, 0.2) is 24.3 Å². The maximum Gasteiger partial charge on any atom is 0.321 e. The number of nitrogens with one attached hydrogen (secondary N) is 3. The highest BCUT2D eigenvalue weighted by atomic mass is 19.1. The number of rotatable bonds is 4. The van der Waals surface area contributed by atoms with Crippen LogP contribution in [0.25, 0.3) is 0 Å². The predicted octanol–water partition coefficient (Wildman–Crippen LogP) is 2.49. The second-order valence-electron chi connectivity index (χ2n) is 6.32. The van der Waals surface area contributed by atoms with Gasteiger partial charge in [0.2, 0.25) is 5.91 Å². The molecule has 0 saturated carbocycles. The highest BCUT2D eigenvalue weighted by Crippen LogP contribution is 2.16. The lowest BCUT2D eigenvalue weighted by atomic mass is 10.1. The number of carbonyl (C=O) groups is 2. The van der Waals surface area contributed by atoms with E-state index in [4.69, 9.17) is 0 Å². The summed E-state index contributed by atoms with van der Waals surface area (Å²) in [6, 6.07) is 4.83. The second kappa shape index (κ2) is 7.35. The lowest BCUT2D eigenvalue weighted by molar-refractivity contribution is -0.121. The summed E-state index contributed by atoms with van der Waals surface area (Å²) >= 11 is 0. The Hall–Kier alpha value is -1.95. The Bertz CT molecular complexity index is 540. The molecule has 0 bridgehead atoms. The molecule has 6 heteroatoms. The Balaban J connectivity index is 2.57. The molecule has 0 spiro atoms. The molecule has 2 atom stereocenters. The van der Waals surface area contributed by atoms with Crippen LogP contribution in [-0.4, -0.2) is 23.5 Å². The molecule has 0 aliphatic carbocycles. The number of benzene rings is 1. The summed E-state index contributed by atoms with van der Waals surface area (Å²) in [6.07, 6.45) is 0. The Kier molecular flexibility index (Phi) is 6.05. The summed E-state index contributed by atoms with van der Waals surface area (Å²) in [6.45, 7) is 8.84. The van der Waals surface area contributed by atoms with Crippen molar-refractivity contribution in [1.29, 1.82) is 0 Å². The van der Waals surface area contributed by atoms with E-state index in [9.17, 15) is 14.0 Å². The van der Waals surface area contributed by atoms with E-state index in [0.29, 0.717) is 5.56 Å². The number of urea groups is 1. The number of hydrogen-bond donors (Lipinski definition) is 3. The van der Waals surface area contributed by atoms with E-state index in [1.54, 1.807) is 32.0 Å².